The van der Waals surface area contributed by atoms with Crippen molar-refractivity contribution in [2.75, 3.05) is 14.2 Å². The Morgan fingerprint density at radius 1 is 1.00 bits per heavy atom. The number of hydrogen-bond acceptors (Lipinski definition) is 4. The van der Waals surface area contributed by atoms with Gasteiger partial charge < -0.3 is 19.7 Å². The normalized spacial score (nSPS) is 12.6. The summed E-state index contributed by atoms with van der Waals surface area (Å²) in [6.45, 7) is 6.06. The number of rotatable bonds is 11. The summed E-state index contributed by atoms with van der Waals surface area (Å²) in [5, 5.41) is 3.60. The first-order chi connectivity index (χ1) is 15.3. The van der Waals surface area contributed by atoms with Gasteiger partial charge in [-0.05, 0) is 62.1 Å². The average Bonchev–Trinajstić information content (AvgIpc) is 2.81. The van der Waals surface area contributed by atoms with Gasteiger partial charge in [-0.15, -0.1) is 0 Å². The zero-order valence-electron chi connectivity index (χ0n) is 19.5. The first-order valence-corrected chi connectivity index (χ1v) is 11.2. The Balaban J connectivity index is 2.17. The predicted molar refractivity (Wildman–Crippen MR) is 127 cm³/mol. The van der Waals surface area contributed by atoms with Gasteiger partial charge in [-0.1, -0.05) is 36.7 Å². The van der Waals surface area contributed by atoms with E-state index in [1.807, 2.05) is 44.2 Å². The van der Waals surface area contributed by atoms with Crippen LogP contribution in [0.25, 0.3) is 0 Å². The third kappa shape index (κ3) is 7.16. The number of carbonyl (C=O) groups excluding carboxylic acids is 2. The van der Waals surface area contributed by atoms with Crippen LogP contribution in [0, 0.1) is 0 Å². The molecule has 2 atom stereocenters. The molecule has 174 valence electrons. The average molecular weight is 461 g/mol. The summed E-state index contributed by atoms with van der Waals surface area (Å²) in [4.78, 5) is 27.6. The number of hydrogen-bond donors (Lipinski definition) is 1. The van der Waals surface area contributed by atoms with E-state index in [0.29, 0.717) is 29.5 Å². The molecule has 2 aromatic carbocycles. The molecular weight excluding hydrogens is 428 g/mol. The number of benzene rings is 2. The van der Waals surface area contributed by atoms with Gasteiger partial charge in [0.15, 0.2) is 11.5 Å². The Morgan fingerprint density at radius 2 is 1.62 bits per heavy atom. The highest BCUT2D eigenvalue weighted by Crippen LogP contribution is 2.28. The van der Waals surface area contributed by atoms with Crippen molar-refractivity contribution < 1.29 is 19.1 Å². The van der Waals surface area contributed by atoms with Crippen molar-refractivity contribution in [3.63, 3.8) is 0 Å². The van der Waals surface area contributed by atoms with Crippen molar-refractivity contribution in [1.82, 2.24) is 10.2 Å². The molecule has 7 heteroatoms. The van der Waals surface area contributed by atoms with Crippen molar-refractivity contribution in [1.29, 1.82) is 0 Å². The Hall–Kier alpha value is -2.73. The van der Waals surface area contributed by atoms with Crippen LogP contribution in [0.5, 0.6) is 11.5 Å². The van der Waals surface area contributed by atoms with E-state index >= 15 is 0 Å². The molecule has 1 N–H and O–H groups in total. The van der Waals surface area contributed by atoms with Crippen molar-refractivity contribution in [2.45, 2.75) is 58.7 Å². The van der Waals surface area contributed by atoms with Crippen LogP contribution in [-0.2, 0) is 22.6 Å². The van der Waals surface area contributed by atoms with Gasteiger partial charge in [0.2, 0.25) is 11.8 Å². The summed E-state index contributed by atoms with van der Waals surface area (Å²) in [6.07, 6.45) is 1.61. The van der Waals surface area contributed by atoms with E-state index in [1.165, 1.54) is 0 Å². The molecule has 2 aromatic rings. The molecule has 2 rings (SSSR count). The summed E-state index contributed by atoms with van der Waals surface area (Å²) < 4.78 is 10.6. The number of ether oxygens (including phenoxy) is 2. The van der Waals surface area contributed by atoms with E-state index in [-0.39, 0.29) is 24.3 Å². The van der Waals surface area contributed by atoms with Crippen LogP contribution in [0.4, 0.5) is 0 Å². The van der Waals surface area contributed by atoms with Crippen LogP contribution in [0.2, 0.25) is 5.02 Å². The van der Waals surface area contributed by atoms with Gasteiger partial charge in [0.05, 0.1) is 14.2 Å². The SMILES string of the molecule is CC[C@H](C)NC(=O)[C@@H](C)N(Cc1ccc(Cl)cc1)C(=O)CCc1ccc(OC)c(OC)c1. The van der Waals surface area contributed by atoms with E-state index in [9.17, 15) is 9.59 Å². The van der Waals surface area contributed by atoms with Crippen LogP contribution in [0.15, 0.2) is 42.5 Å². The molecule has 0 saturated carbocycles. The molecule has 0 heterocycles. The van der Waals surface area contributed by atoms with Crippen LogP contribution in [0.3, 0.4) is 0 Å². The molecule has 0 aliphatic carbocycles. The van der Waals surface area contributed by atoms with E-state index in [4.69, 9.17) is 21.1 Å². The standard InChI is InChI=1S/C25H33ClN2O4/c1-6-17(2)27-25(30)18(3)28(16-20-7-11-21(26)12-8-20)24(29)14-10-19-9-13-22(31-4)23(15-19)32-5/h7-9,11-13,15,17-18H,6,10,14,16H2,1-5H3,(H,27,30)/t17-,18+/m0/s1. The Labute approximate surface area is 195 Å². The molecule has 0 aromatic heterocycles. The topological polar surface area (TPSA) is 67.9 Å². The number of amides is 2. The molecule has 2 amide bonds. The fourth-order valence-corrected chi connectivity index (χ4v) is 3.39. The van der Waals surface area contributed by atoms with Gasteiger partial charge in [-0.2, -0.15) is 0 Å². The second kappa shape index (κ2) is 12.3. The lowest BCUT2D eigenvalue weighted by Crippen LogP contribution is -2.49. The smallest absolute Gasteiger partial charge is 0.242 e. The minimum absolute atomic E-state index is 0.0456. The summed E-state index contributed by atoms with van der Waals surface area (Å²) in [5.74, 6) is 1.01. The van der Waals surface area contributed by atoms with Crippen molar-refractivity contribution in [3.8, 4) is 11.5 Å². The minimum atomic E-state index is -0.599. The van der Waals surface area contributed by atoms with E-state index in [0.717, 1.165) is 17.5 Å². The van der Waals surface area contributed by atoms with Gasteiger partial charge in [0.25, 0.3) is 0 Å². The minimum Gasteiger partial charge on any atom is -0.493 e. The highest BCUT2D eigenvalue weighted by molar-refractivity contribution is 6.30. The van der Waals surface area contributed by atoms with E-state index in [1.54, 1.807) is 38.2 Å². The molecule has 0 radical (unpaired) electrons. The number of nitrogens with zero attached hydrogens (tertiary/aromatic N) is 1. The fraction of sp³-hybridized carbons (Fsp3) is 0.440. The molecule has 0 saturated heterocycles. The van der Waals surface area contributed by atoms with Gasteiger partial charge in [0.1, 0.15) is 6.04 Å². The van der Waals surface area contributed by atoms with Gasteiger partial charge in [-0.25, -0.2) is 0 Å². The zero-order valence-corrected chi connectivity index (χ0v) is 20.2. The molecule has 0 aliphatic heterocycles. The number of carbonyl (C=O) groups is 2. The molecule has 0 unspecified atom stereocenters. The maximum absolute atomic E-state index is 13.2. The van der Waals surface area contributed by atoms with Crippen molar-refractivity contribution >= 4 is 23.4 Å². The fourth-order valence-electron chi connectivity index (χ4n) is 3.27. The summed E-state index contributed by atoms with van der Waals surface area (Å²) >= 11 is 6.00. The Morgan fingerprint density at radius 3 is 2.22 bits per heavy atom. The van der Waals surface area contributed by atoms with Gasteiger partial charge >= 0.3 is 0 Å². The second-order valence-electron chi connectivity index (χ2n) is 7.83. The Bertz CT molecular complexity index is 901. The summed E-state index contributed by atoms with van der Waals surface area (Å²) in [6, 6.07) is 12.4. The van der Waals surface area contributed by atoms with Gasteiger partial charge in [0, 0.05) is 24.0 Å². The highest BCUT2D eigenvalue weighted by Gasteiger charge is 2.26. The van der Waals surface area contributed by atoms with Crippen LogP contribution in [-0.4, -0.2) is 43.0 Å². The number of nitrogens with one attached hydrogen (secondary N) is 1. The third-order valence-electron chi connectivity index (χ3n) is 5.51. The van der Waals surface area contributed by atoms with Crippen LogP contribution < -0.4 is 14.8 Å². The first kappa shape index (κ1) is 25.5. The van der Waals surface area contributed by atoms with Crippen LogP contribution in [0.1, 0.15) is 44.7 Å². The molecule has 0 fully saturated rings. The molecule has 0 bridgehead atoms. The lowest BCUT2D eigenvalue weighted by atomic mass is 10.1. The Kier molecular flexibility index (Phi) is 9.85. The maximum atomic E-state index is 13.2. The molecule has 0 aliphatic rings. The van der Waals surface area contributed by atoms with E-state index < -0.39 is 6.04 Å². The van der Waals surface area contributed by atoms with E-state index in [2.05, 4.69) is 5.32 Å². The predicted octanol–water partition coefficient (Wildman–Crippen LogP) is 4.62. The number of methoxy groups -OCH3 is 2. The zero-order chi connectivity index (χ0) is 23.7. The first-order valence-electron chi connectivity index (χ1n) is 10.8. The lowest BCUT2D eigenvalue weighted by molar-refractivity contribution is -0.140. The quantitative estimate of drug-likeness (QED) is 0.531. The molecule has 0 spiro atoms. The van der Waals surface area contributed by atoms with Gasteiger partial charge in [-0.3, -0.25) is 9.59 Å². The number of halogens is 1. The molecule has 32 heavy (non-hydrogen) atoms. The van der Waals surface area contributed by atoms with Crippen molar-refractivity contribution in [2.24, 2.45) is 0 Å². The summed E-state index contributed by atoms with van der Waals surface area (Å²) in [7, 11) is 3.17. The number of aryl methyl sites for hydroxylation is 1. The molecular formula is C25H33ClN2O4. The third-order valence-corrected chi connectivity index (χ3v) is 5.76. The second-order valence-corrected chi connectivity index (χ2v) is 8.27. The van der Waals surface area contributed by atoms with Crippen LogP contribution >= 0.6 is 11.6 Å². The largest absolute Gasteiger partial charge is 0.493 e. The maximum Gasteiger partial charge on any atom is 0.242 e. The highest BCUT2D eigenvalue weighted by atomic mass is 35.5. The van der Waals surface area contributed by atoms with Crippen molar-refractivity contribution in [3.05, 3.63) is 58.6 Å². The molecule has 6 nitrogen and oxygen atoms in total. The monoisotopic (exact) mass is 460 g/mol. The lowest BCUT2D eigenvalue weighted by Gasteiger charge is -2.30. The summed E-state index contributed by atoms with van der Waals surface area (Å²) in [5.41, 5.74) is 1.87.